The van der Waals surface area contributed by atoms with E-state index in [9.17, 15) is 9.59 Å². The van der Waals surface area contributed by atoms with Crippen LogP contribution in [-0.4, -0.2) is 25.2 Å². The molecular formula is C28H23N5O2. The third-order valence-electron chi connectivity index (χ3n) is 6.47. The molecule has 5 aromatic rings. The number of hydrogen-bond donors (Lipinski definition) is 1. The molecule has 1 aliphatic rings. The van der Waals surface area contributed by atoms with Gasteiger partial charge in [-0.1, -0.05) is 36.4 Å². The molecule has 7 heteroatoms. The van der Waals surface area contributed by atoms with Crippen LogP contribution in [0.4, 0.5) is 5.95 Å². The van der Waals surface area contributed by atoms with Gasteiger partial charge in [0.25, 0.3) is 11.5 Å². The Morgan fingerprint density at radius 2 is 1.77 bits per heavy atom. The molecule has 1 aliphatic heterocycles. The van der Waals surface area contributed by atoms with E-state index in [1.165, 1.54) is 4.68 Å². The van der Waals surface area contributed by atoms with Gasteiger partial charge in [0.15, 0.2) is 0 Å². The van der Waals surface area contributed by atoms with Crippen molar-refractivity contribution in [3.05, 3.63) is 111 Å². The lowest BCUT2D eigenvalue weighted by Gasteiger charge is -2.14. The van der Waals surface area contributed by atoms with Crippen molar-refractivity contribution in [3.63, 3.8) is 0 Å². The molecule has 6 bridgehead atoms. The molecule has 35 heavy (non-hydrogen) atoms. The molecule has 0 unspecified atom stereocenters. The summed E-state index contributed by atoms with van der Waals surface area (Å²) in [6.45, 7) is 2.96. The van der Waals surface area contributed by atoms with Crippen LogP contribution in [0, 0.1) is 6.92 Å². The van der Waals surface area contributed by atoms with Gasteiger partial charge in [-0.15, -0.1) is 0 Å². The molecule has 0 saturated heterocycles. The number of aryl methyl sites for hydroxylation is 3. The Kier molecular flexibility index (Phi) is 5.03. The molecule has 0 aliphatic carbocycles. The molecule has 1 amide bonds. The number of amides is 1. The number of para-hydroxylation sites is 2. The van der Waals surface area contributed by atoms with E-state index in [-0.39, 0.29) is 18.0 Å². The maximum atomic E-state index is 13.2. The van der Waals surface area contributed by atoms with Gasteiger partial charge in [0.1, 0.15) is 0 Å². The number of rotatable bonds is 0. The van der Waals surface area contributed by atoms with Gasteiger partial charge < -0.3 is 4.57 Å². The summed E-state index contributed by atoms with van der Waals surface area (Å²) < 4.78 is 3.50. The van der Waals surface area contributed by atoms with Crippen LogP contribution < -0.4 is 10.9 Å². The smallest absolute Gasteiger partial charge is 0.267 e. The van der Waals surface area contributed by atoms with Crippen LogP contribution >= 0.6 is 0 Å². The van der Waals surface area contributed by atoms with Gasteiger partial charge in [0, 0.05) is 23.7 Å². The fourth-order valence-corrected chi connectivity index (χ4v) is 4.60. The van der Waals surface area contributed by atoms with E-state index in [0.29, 0.717) is 18.1 Å². The predicted molar refractivity (Wildman–Crippen MR) is 136 cm³/mol. The van der Waals surface area contributed by atoms with Crippen molar-refractivity contribution in [3.8, 4) is 11.3 Å². The second-order valence-corrected chi connectivity index (χ2v) is 8.84. The standard InChI is InChI=1S/C28H23N5O2/c1-18-9-10-19-13-14-32-25-8-3-2-7-24(25)29-28(32)30-27(35)21-6-4-5-20(15-21)17-33-26(34)12-11-23(31-33)22(18)16-19/h2-12,15-16H,13-14,17H2,1H3,(H,29,30,35). The van der Waals surface area contributed by atoms with E-state index in [4.69, 9.17) is 4.98 Å². The van der Waals surface area contributed by atoms with Crippen molar-refractivity contribution in [2.24, 2.45) is 0 Å². The van der Waals surface area contributed by atoms with Gasteiger partial charge in [-0.05, 0) is 66.4 Å². The minimum absolute atomic E-state index is 0.188. The molecule has 7 nitrogen and oxygen atoms in total. The van der Waals surface area contributed by atoms with Gasteiger partial charge >= 0.3 is 0 Å². The topological polar surface area (TPSA) is 81.8 Å². The molecule has 0 radical (unpaired) electrons. The van der Waals surface area contributed by atoms with E-state index in [2.05, 4.69) is 40.1 Å². The Bertz CT molecular complexity index is 1660. The lowest BCUT2D eigenvalue weighted by Crippen LogP contribution is -2.23. The summed E-state index contributed by atoms with van der Waals surface area (Å²) in [6, 6.07) is 24.8. The first-order valence-electron chi connectivity index (χ1n) is 11.6. The first kappa shape index (κ1) is 21.0. The lowest BCUT2D eigenvalue weighted by atomic mass is 10.0. The molecule has 0 atom stereocenters. The maximum Gasteiger partial charge on any atom is 0.267 e. The van der Waals surface area contributed by atoms with Crippen LogP contribution in [0.2, 0.25) is 0 Å². The quantitative estimate of drug-likeness (QED) is 0.370. The summed E-state index contributed by atoms with van der Waals surface area (Å²) >= 11 is 0. The molecule has 6 rings (SSSR count). The number of nitrogens with one attached hydrogen (secondary N) is 1. The molecule has 0 spiro atoms. The van der Waals surface area contributed by atoms with Crippen LogP contribution in [0.15, 0.2) is 83.7 Å². The highest BCUT2D eigenvalue weighted by Gasteiger charge is 2.16. The molecule has 0 saturated carbocycles. The first-order chi connectivity index (χ1) is 17.0. The average molecular weight is 462 g/mol. The van der Waals surface area contributed by atoms with Crippen molar-refractivity contribution >= 4 is 22.9 Å². The average Bonchev–Trinajstić information content (AvgIpc) is 3.21. The second kappa shape index (κ2) is 8.36. The Labute approximate surface area is 201 Å². The fraction of sp³-hybridized carbons (Fsp3) is 0.143. The zero-order valence-corrected chi connectivity index (χ0v) is 19.2. The molecule has 172 valence electrons. The highest BCUT2D eigenvalue weighted by molar-refractivity contribution is 6.04. The maximum absolute atomic E-state index is 13.2. The van der Waals surface area contributed by atoms with Crippen molar-refractivity contribution in [1.29, 1.82) is 0 Å². The Hall–Kier alpha value is -4.52. The molecule has 0 fully saturated rings. The monoisotopic (exact) mass is 461 g/mol. The van der Waals surface area contributed by atoms with Gasteiger partial charge in [0.05, 0.1) is 23.3 Å². The Balaban J connectivity index is 1.54. The summed E-state index contributed by atoms with van der Waals surface area (Å²) in [5.74, 6) is 0.270. The van der Waals surface area contributed by atoms with Crippen molar-refractivity contribution < 1.29 is 4.79 Å². The van der Waals surface area contributed by atoms with Crippen LogP contribution in [0.25, 0.3) is 22.3 Å². The highest BCUT2D eigenvalue weighted by Crippen LogP contribution is 2.25. The van der Waals surface area contributed by atoms with E-state index < -0.39 is 0 Å². The number of imidazole rings is 1. The number of carbonyl (C=O) groups excluding carboxylic acids is 1. The largest absolute Gasteiger partial charge is 0.310 e. The third-order valence-corrected chi connectivity index (χ3v) is 6.47. The fourth-order valence-electron chi connectivity index (χ4n) is 4.60. The summed E-state index contributed by atoms with van der Waals surface area (Å²) in [7, 11) is 0. The van der Waals surface area contributed by atoms with E-state index in [1.54, 1.807) is 24.3 Å². The van der Waals surface area contributed by atoms with Crippen molar-refractivity contribution in [2.45, 2.75) is 26.4 Å². The Morgan fingerprint density at radius 1 is 0.886 bits per heavy atom. The van der Waals surface area contributed by atoms with Gasteiger partial charge in [-0.25, -0.2) is 9.67 Å². The summed E-state index contributed by atoms with van der Waals surface area (Å²) in [6.07, 6.45) is 0.742. The zero-order valence-electron chi connectivity index (χ0n) is 19.2. The summed E-state index contributed by atoms with van der Waals surface area (Å²) in [4.78, 5) is 30.5. The molecular weight excluding hydrogens is 438 g/mol. The van der Waals surface area contributed by atoms with E-state index >= 15 is 0 Å². The van der Waals surface area contributed by atoms with Gasteiger partial charge in [0.2, 0.25) is 5.95 Å². The number of fused-ring (bicyclic) bond motifs is 10. The van der Waals surface area contributed by atoms with E-state index in [1.807, 2.05) is 36.4 Å². The third kappa shape index (κ3) is 3.91. The molecule has 2 aromatic heterocycles. The van der Waals surface area contributed by atoms with Crippen LogP contribution in [0.5, 0.6) is 0 Å². The summed E-state index contributed by atoms with van der Waals surface area (Å²) in [5.41, 5.74) is 6.91. The Morgan fingerprint density at radius 3 is 2.69 bits per heavy atom. The predicted octanol–water partition coefficient (Wildman–Crippen LogP) is 4.43. The normalized spacial score (nSPS) is 13.3. The number of benzene rings is 3. The number of nitrogens with zero attached hydrogens (tertiary/aromatic N) is 4. The van der Waals surface area contributed by atoms with Gasteiger partial charge in [-0.2, -0.15) is 5.10 Å². The number of aromatic nitrogens is 4. The number of carbonyl (C=O) groups is 1. The van der Waals surface area contributed by atoms with Crippen LogP contribution in [0.1, 0.15) is 27.0 Å². The van der Waals surface area contributed by atoms with E-state index in [0.717, 1.165) is 45.4 Å². The van der Waals surface area contributed by atoms with Gasteiger partial charge in [-0.3, -0.25) is 14.9 Å². The zero-order chi connectivity index (χ0) is 23.9. The van der Waals surface area contributed by atoms with Crippen molar-refractivity contribution in [1.82, 2.24) is 19.3 Å². The van der Waals surface area contributed by atoms with Crippen molar-refractivity contribution in [2.75, 3.05) is 5.32 Å². The molecule has 1 N–H and O–H groups in total. The first-order valence-corrected chi connectivity index (χ1v) is 11.6. The van der Waals surface area contributed by atoms with Crippen LogP contribution in [-0.2, 0) is 19.5 Å². The second-order valence-electron chi connectivity index (χ2n) is 8.84. The minimum Gasteiger partial charge on any atom is -0.310 e. The summed E-state index contributed by atoms with van der Waals surface area (Å²) in [5, 5.41) is 7.67. The molecule has 3 aromatic carbocycles. The number of anilines is 1. The highest BCUT2D eigenvalue weighted by atomic mass is 16.2. The minimum atomic E-state index is -0.248. The SMILES string of the molecule is Cc1ccc2cc1-c1ccc(=O)n(n1)Cc1cccc(c1)C(=O)Nc1nc3ccccc3n1CC2. The lowest BCUT2D eigenvalue weighted by molar-refractivity contribution is 0.102. The molecule has 3 heterocycles. The number of hydrogen-bond acceptors (Lipinski definition) is 4. The van der Waals surface area contributed by atoms with Crippen LogP contribution in [0.3, 0.4) is 0 Å².